The fourth-order valence-electron chi connectivity index (χ4n) is 2.75. The van der Waals surface area contributed by atoms with Crippen LogP contribution in [0, 0.1) is 0 Å². The average molecular weight is 321 g/mol. The van der Waals surface area contributed by atoms with Gasteiger partial charge < -0.3 is 0 Å². The normalized spacial score (nSPS) is 18.1. The largest absolute Gasteiger partial charge is 0.416 e. The van der Waals surface area contributed by atoms with Gasteiger partial charge in [0.25, 0.3) is 0 Å². The molecule has 1 aliphatic carbocycles. The molecular weight excluding hydrogens is 303 g/mol. The van der Waals surface area contributed by atoms with Crippen LogP contribution in [0.2, 0.25) is 0 Å². The second-order valence-corrected chi connectivity index (χ2v) is 6.02. The zero-order valence-corrected chi connectivity index (χ0v) is 13.0. The third kappa shape index (κ3) is 3.16. The van der Waals surface area contributed by atoms with Crippen molar-refractivity contribution in [1.29, 1.82) is 0 Å². The van der Waals surface area contributed by atoms with E-state index in [1.165, 1.54) is 12.1 Å². The Morgan fingerprint density at radius 3 is 2.39 bits per heavy atom. The van der Waals surface area contributed by atoms with Crippen molar-refractivity contribution in [3.05, 3.63) is 47.8 Å². The van der Waals surface area contributed by atoms with Crippen LogP contribution in [0.5, 0.6) is 0 Å². The van der Waals surface area contributed by atoms with Crippen LogP contribution in [0.1, 0.15) is 50.0 Å². The Morgan fingerprint density at radius 2 is 1.87 bits per heavy atom. The fraction of sp³-hybridized carbons (Fsp3) is 0.412. The number of hydrogen-bond donors (Lipinski definition) is 0. The molecule has 0 fully saturated rings. The Hall–Kier alpha value is -2.11. The highest BCUT2D eigenvalue weighted by Crippen LogP contribution is 2.32. The highest BCUT2D eigenvalue weighted by molar-refractivity contribution is 5.55. The first-order chi connectivity index (χ1) is 10.9. The van der Waals surface area contributed by atoms with Crippen LogP contribution in [0.4, 0.5) is 13.2 Å². The number of aromatic nitrogens is 3. The van der Waals surface area contributed by atoms with E-state index >= 15 is 0 Å². The maximum absolute atomic E-state index is 12.7. The fourth-order valence-corrected chi connectivity index (χ4v) is 2.75. The molecule has 0 amide bonds. The first-order valence-corrected chi connectivity index (χ1v) is 7.67. The number of alkyl halides is 3. The van der Waals surface area contributed by atoms with Crippen molar-refractivity contribution in [2.45, 2.75) is 44.8 Å². The highest BCUT2D eigenvalue weighted by atomic mass is 19.4. The van der Waals surface area contributed by atoms with E-state index in [-0.39, 0.29) is 12.0 Å². The molecule has 1 heterocycles. The molecule has 0 bridgehead atoms. The minimum atomic E-state index is -4.33. The molecule has 6 heteroatoms. The minimum Gasteiger partial charge on any atom is -0.246 e. The molecule has 0 saturated heterocycles. The molecule has 122 valence electrons. The summed E-state index contributed by atoms with van der Waals surface area (Å²) in [5.41, 5.74) is -0.0656. The summed E-state index contributed by atoms with van der Waals surface area (Å²) in [6.07, 6.45) is 1.94. The Bertz CT molecular complexity index is 712. The summed E-state index contributed by atoms with van der Waals surface area (Å²) in [6, 6.07) is 5.14. The van der Waals surface area contributed by atoms with Gasteiger partial charge in [0.15, 0.2) is 5.82 Å². The SMILES string of the molecule is CC(C)n1nc(-c2ccc(C(F)(F)F)cc2)nc1[C@@H]1C=CCC1. The van der Waals surface area contributed by atoms with Crippen molar-refractivity contribution in [2.24, 2.45) is 0 Å². The van der Waals surface area contributed by atoms with Crippen LogP contribution in [-0.2, 0) is 6.18 Å². The van der Waals surface area contributed by atoms with Crippen molar-refractivity contribution in [1.82, 2.24) is 14.8 Å². The zero-order valence-electron chi connectivity index (χ0n) is 13.0. The van der Waals surface area contributed by atoms with Crippen molar-refractivity contribution < 1.29 is 13.2 Å². The smallest absolute Gasteiger partial charge is 0.246 e. The summed E-state index contributed by atoms with van der Waals surface area (Å²) in [5.74, 6) is 1.58. The van der Waals surface area contributed by atoms with Crippen LogP contribution < -0.4 is 0 Å². The summed E-state index contributed by atoms with van der Waals surface area (Å²) >= 11 is 0. The van der Waals surface area contributed by atoms with E-state index in [1.54, 1.807) is 0 Å². The number of allylic oxidation sites excluding steroid dienone is 2. The summed E-state index contributed by atoms with van der Waals surface area (Å²) in [5, 5.41) is 4.51. The molecular formula is C17H18F3N3. The average Bonchev–Trinajstić information content (AvgIpc) is 3.15. The van der Waals surface area contributed by atoms with E-state index in [9.17, 15) is 13.2 Å². The van der Waals surface area contributed by atoms with Crippen molar-refractivity contribution in [3.63, 3.8) is 0 Å². The lowest BCUT2D eigenvalue weighted by Gasteiger charge is -2.12. The highest BCUT2D eigenvalue weighted by Gasteiger charge is 2.30. The number of benzene rings is 1. The van der Waals surface area contributed by atoms with Gasteiger partial charge in [-0.1, -0.05) is 24.3 Å². The molecule has 0 unspecified atom stereocenters. The van der Waals surface area contributed by atoms with Gasteiger partial charge in [0.1, 0.15) is 5.82 Å². The molecule has 0 aliphatic heterocycles. The Morgan fingerprint density at radius 1 is 1.17 bits per heavy atom. The number of hydrogen-bond acceptors (Lipinski definition) is 2. The second-order valence-electron chi connectivity index (χ2n) is 6.02. The molecule has 0 spiro atoms. The number of rotatable bonds is 3. The molecule has 1 aromatic heterocycles. The molecule has 23 heavy (non-hydrogen) atoms. The standard InChI is InChI=1S/C17H18F3N3/c1-11(2)23-16(13-5-3-4-6-13)21-15(22-23)12-7-9-14(10-8-12)17(18,19)20/h3,5,7-11,13H,4,6H2,1-2H3/t13-/m1/s1. The first-order valence-electron chi connectivity index (χ1n) is 7.67. The number of nitrogens with zero attached hydrogens (tertiary/aromatic N) is 3. The quantitative estimate of drug-likeness (QED) is 0.747. The Kier molecular flexibility index (Phi) is 4.00. The van der Waals surface area contributed by atoms with Crippen molar-refractivity contribution in [2.75, 3.05) is 0 Å². The van der Waals surface area contributed by atoms with Crippen molar-refractivity contribution in [3.8, 4) is 11.4 Å². The van der Waals surface area contributed by atoms with Crippen LogP contribution >= 0.6 is 0 Å². The van der Waals surface area contributed by atoms with Gasteiger partial charge in [0.2, 0.25) is 0 Å². The van der Waals surface area contributed by atoms with Gasteiger partial charge in [-0.15, -0.1) is 0 Å². The van der Waals surface area contributed by atoms with E-state index in [0.717, 1.165) is 30.8 Å². The summed E-state index contributed by atoms with van der Waals surface area (Å²) in [7, 11) is 0. The molecule has 0 N–H and O–H groups in total. The van der Waals surface area contributed by atoms with E-state index in [2.05, 4.69) is 22.2 Å². The van der Waals surface area contributed by atoms with Crippen LogP contribution in [0.15, 0.2) is 36.4 Å². The van der Waals surface area contributed by atoms with Gasteiger partial charge in [-0.25, -0.2) is 9.67 Å². The Balaban J connectivity index is 1.97. The Labute approximate surface area is 132 Å². The zero-order chi connectivity index (χ0) is 16.6. The van der Waals surface area contributed by atoms with Gasteiger partial charge in [-0.05, 0) is 38.8 Å². The molecule has 2 aromatic rings. The monoisotopic (exact) mass is 321 g/mol. The van der Waals surface area contributed by atoms with Gasteiger partial charge in [-0.3, -0.25) is 0 Å². The summed E-state index contributed by atoms with van der Waals surface area (Å²) in [4.78, 5) is 4.59. The minimum absolute atomic E-state index is 0.148. The topological polar surface area (TPSA) is 30.7 Å². The molecule has 1 aliphatic rings. The molecule has 1 atom stereocenters. The predicted octanol–water partition coefficient (Wildman–Crippen LogP) is 4.98. The molecule has 1 aromatic carbocycles. The van der Waals surface area contributed by atoms with Gasteiger partial charge in [0.05, 0.1) is 5.56 Å². The second kappa shape index (κ2) is 5.83. The van der Waals surface area contributed by atoms with Crippen molar-refractivity contribution >= 4 is 0 Å². The van der Waals surface area contributed by atoms with Crippen LogP contribution in [0.3, 0.4) is 0 Å². The van der Waals surface area contributed by atoms with Gasteiger partial charge in [-0.2, -0.15) is 18.3 Å². The number of halogens is 3. The molecule has 0 radical (unpaired) electrons. The molecule has 3 nitrogen and oxygen atoms in total. The summed E-state index contributed by atoms with van der Waals surface area (Å²) in [6.45, 7) is 4.04. The maximum atomic E-state index is 12.7. The van der Waals surface area contributed by atoms with Gasteiger partial charge >= 0.3 is 6.18 Å². The van der Waals surface area contributed by atoms with Crippen LogP contribution in [-0.4, -0.2) is 14.8 Å². The third-order valence-corrected chi connectivity index (χ3v) is 3.96. The van der Waals surface area contributed by atoms with E-state index in [4.69, 9.17) is 0 Å². The third-order valence-electron chi connectivity index (χ3n) is 3.96. The lowest BCUT2D eigenvalue weighted by molar-refractivity contribution is -0.137. The molecule has 3 rings (SSSR count). The first kappa shape index (κ1) is 15.8. The van der Waals surface area contributed by atoms with Crippen LogP contribution in [0.25, 0.3) is 11.4 Å². The van der Waals surface area contributed by atoms with E-state index in [0.29, 0.717) is 11.4 Å². The molecule has 0 saturated carbocycles. The van der Waals surface area contributed by atoms with E-state index < -0.39 is 11.7 Å². The predicted molar refractivity (Wildman–Crippen MR) is 82.0 cm³/mol. The van der Waals surface area contributed by atoms with Gasteiger partial charge in [0, 0.05) is 17.5 Å². The summed E-state index contributed by atoms with van der Waals surface area (Å²) < 4.78 is 39.8. The lowest BCUT2D eigenvalue weighted by Crippen LogP contribution is -2.10. The van der Waals surface area contributed by atoms with E-state index in [1.807, 2.05) is 18.5 Å². The lowest BCUT2D eigenvalue weighted by atomic mass is 10.1. The maximum Gasteiger partial charge on any atom is 0.416 e.